The van der Waals surface area contributed by atoms with Gasteiger partial charge in [-0.2, -0.15) is 0 Å². The van der Waals surface area contributed by atoms with Gasteiger partial charge >= 0.3 is 0 Å². The number of rotatable bonds is 5. The lowest BCUT2D eigenvalue weighted by atomic mass is 9.93. The summed E-state index contributed by atoms with van der Waals surface area (Å²) >= 11 is 1.71. The molecule has 0 aliphatic carbocycles. The molecule has 2 aromatic heterocycles. The van der Waals surface area contributed by atoms with Crippen LogP contribution < -0.4 is 5.32 Å². The van der Waals surface area contributed by atoms with Gasteiger partial charge < -0.3 is 5.32 Å². The van der Waals surface area contributed by atoms with Crippen LogP contribution in [0.15, 0.2) is 24.1 Å². The Hall–Kier alpha value is -1.86. The number of nitrogens with zero attached hydrogens (tertiary/aromatic N) is 4. The first-order valence-corrected chi connectivity index (χ1v) is 8.75. The van der Waals surface area contributed by atoms with Gasteiger partial charge in [0.05, 0.1) is 5.51 Å². The highest BCUT2D eigenvalue weighted by atomic mass is 32.1. The third-order valence-electron chi connectivity index (χ3n) is 4.15. The maximum Gasteiger partial charge on any atom is 0.269 e. The average molecular weight is 331 g/mol. The lowest BCUT2D eigenvalue weighted by Gasteiger charge is -2.32. The van der Waals surface area contributed by atoms with E-state index in [1.165, 1.54) is 24.0 Å². The van der Waals surface area contributed by atoms with Crippen LogP contribution in [-0.2, 0) is 13.0 Å². The van der Waals surface area contributed by atoms with Crippen molar-refractivity contribution in [3.05, 3.63) is 40.4 Å². The van der Waals surface area contributed by atoms with Crippen LogP contribution in [0.4, 0.5) is 0 Å². The second-order valence-corrected chi connectivity index (χ2v) is 6.86. The molecule has 1 atom stereocenters. The van der Waals surface area contributed by atoms with E-state index in [0.717, 1.165) is 31.7 Å². The van der Waals surface area contributed by atoms with Crippen molar-refractivity contribution in [1.29, 1.82) is 0 Å². The number of carbonyl (C=O) groups is 1. The smallest absolute Gasteiger partial charge is 0.269 e. The summed E-state index contributed by atoms with van der Waals surface area (Å²) < 4.78 is 0. The molecule has 1 saturated heterocycles. The van der Waals surface area contributed by atoms with Crippen molar-refractivity contribution in [2.24, 2.45) is 5.92 Å². The summed E-state index contributed by atoms with van der Waals surface area (Å²) in [7, 11) is 1.61. The van der Waals surface area contributed by atoms with E-state index < -0.39 is 0 Å². The van der Waals surface area contributed by atoms with Crippen molar-refractivity contribution in [2.75, 3.05) is 20.1 Å². The first-order valence-electron chi connectivity index (χ1n) is 7.87. The van der Waals surface area contributed by atoms with Crippen LogP contribution in [0, 0.1) is 5.92 Å². The Labute approximate surface area is 140 Å². The van der Waals surface area contributed by atoms with Crippen LogP contribution in [0.3, 0.4) is 0 Å². The van der Waals surface area contributed by atoms with Gasteiger partial charge in [0, 0.05) is 36.9 Å². The van der Waals surface area contributed by atoms with E-state index in [-0.39, 0.29) is 5.91 Å². The quantitative estimate of drug-likeness (QED) is 0.904. The number of hydrogen-bond donors (Lipinski definition) is 1. The Bertz CT molecular complexity index is 646. The maximum absolute atomic E-state index is 11.7. The molecule has 1 N–H and O–H groups in total. The van der Waals surface area contributed by atoms with E-state index in [0.29, 0.717) is 11.6 Å². The summed E-state index contributed by atoms with van der Waals surface area (Å²) in [5.74, 6) is 0.410. The number of amides is 1. The molecule has 3 heterocycles. The van der Waals surface area contributed by atoms with Crippen molar-refractivity contribution >= 4 is 17.2 Å². The summed E-state index contributed by atoms with van der Waals surface area (Å²) in [5.41, 5.74) is 3.27. The molecular formula is C16H21N5OS. The van der Waals surface area contributed by atoms with Crippen LogP contribution in [0.25, 0.3) is 0 Å². The minimum Gasteiger partial charge on any atom is -0.354 e. The summed E-state index contributed by atoms with van der Waals surface area (Å²) in [6.07, 6.45) is 6.74. The predicted octanol–water partition coefficient (Wildman–Crippen LogP) is 1.75. The zero-order valence-corrected chi connectivity index (χ0v) is 14.1. The van der Waals surface area contributed by atoms with Crippen LogP contribution in [0.1, 0.15) is 33.9 Å². The molecular weight excluding hydrogens is 310 g/mol. The average Bonchev–Trinajstić information content (AvgIpc) is 3.07. The van der Waals surface area contributed by atoms with E-state index in [4.69, 9.17) is 0 Å². The Morgan fingerprint density at radius 3 is 3.17 bits per heavy atom. The largest absolute Gasteiger partial charge is 0.354 e. The van der Waals surface area contributed by atoms with E-state index >= 15 is 0 Å². The van der Waals surface area contributed by atoms with Gasteiger partial charge in [0.1, 0.15) is 12.0 Å². The van der Waals surface area contributed by atoms with Gasteiger partial charge in [-0.15, -0.1) is 11.3 Å². The van der Waals surface area contributed by atoms with Crippen molar-refractivity contribution < 1.29 is 4.79 Å². The Morgan fingerprint density at radius 1 is 1.48 bits per heavy atom. The van der Waals surface area contributed by atoms with Crippen molar-refractivity contribution in [1.82, 2.24) is 25.2 Å². The van der Waals surface area contributed by atoms with Gasteiger partial charge in [0.2, 0.25) is 0 Å². The van der Waals surface area contributed by atoms with Gasteiger partial charge in [-0.3, -0.25) is 14.7 Å². The summed E-state index contributed by atoms with van der Waals surface area (Å²) in [4.78, 5) is 28.0. The Morgan fingerprint density at radius 2 is 2.39 bits per heavy atom. The minimum absolute atomic E-state index is 0.163. The molecule has 0 bridgehead atoms. The molecule has 0 spiro atoms. The number of piperidine rings is 1. The first-order chi connectivity index (χ1) is 11.2. The molecule has 6 nitrogen and oxygen atoms in total. The molecule has 0 radical (unpaired) electrons. The third kappa shape index (κ3) is 4.33. The highest BCUT2D eigenvalue weighted by molar-refractivity contribution is 7.09. The SMILES string of the molecule is CNC(=O)c1cc(CC2CCCN(Cc3cncs3)C2)ncn1. The highest BCUT2D eigenvalue weighted by Gasteiger charge is 2.21. The normalized spacial score (nSPS) is 18.7. The molecule has 0 saturated carbocycles. The number of nitrogens with one attached hydrogen (secondary N) is 1. The van der Waals surface area contributed by atoms with Gasteiger partial charge in [0.15, 0.2) is 0 Å². The molecule has 3 rings (SSSR count). The Balaban J connectivity index is 1.60. The van der Waals surface area contributed by atoms with Gasteiger partial charge in [-0.1, -0.05) is 0 Å². The zero-order valence-electron chi connectivity index (χ0n) is 13.2. The monoisotopic (exact) mass is 331 g/mol. The van der Waals surface area contributed by atoms with Gasteiger partial charge in [-0.25, -0.2) is 9.97 Å². The van der Waals surface area contributed by atoms with Crippen molar-refractivity contribution in [2.45, 2.75) is 25.8 Å². The molecule has 1 aliphatic rings. The van der Waals surface area contributed by atoms with Crippen LogP contribution in [-0.4, -0.2) is 45.9 Å². The standard InChI is InChI=1S/C16H21N5OS/c1-17-16(22)15-6-13(19-10-20-15)5-12-3-2-4-21(8-12)9-14-7-18-11-23-14/h6-7,10-12H,2-5,8-9H2,1H3,(H,17,22). The molecule has 1 aliphatic heterocycles. The lowest BCUT2D eigenvalue weighted by molar-refractivity contribution is 0.0957. The number of hydrogen-bond acceptors (Lipinski definition) is 6. The first kappa shape index (κ1) is 16.0. The van der Waals surface area contributed by atoms with Crippen LogP contribution in [0.2, 0.25) is 0 Å². The summed E-state index contributed by atoms with van der Waals surface area (Å²) in [5, 5.41) is 2.60. The van der Waals surface area contributed by atoms with E-state index in [9.17, 15) is 4.79 Å². The molecule has 1 fully saturated rings. The fraction of sp³-hybridized carbons (Fsp3) is 0.500. The van der Waals surface area contributed by atoms with E-state index in [1.54, 1.807) is 24.5 Å². The number of carbonyl (C=O) groups excluding carboxylic acids is 1. The van der Waals surface area contributed by atoms with Crippen LogP contribution >= 0.6 is 11.3 Å². The van der Waals surface area contributed by atoms with Crippen molar-refractivity contribution in [3.8, 4) is 0 Å². The lowest BCUT2D eigenvalue weighted by Crippen LogP contribution is -2.35. The van der Waals surface area contributed by atoms with Gasteiger partial charge in [-0.05, 0) is 37.8 Å². The van der Waals surface area contributed by atoms with Crippen molar-refractivity contribution in [3.63, 3.8) is 0 Å². The number of thiazole rings is 1. The second kappa shape index (κ2) is 7.61. The van der Waals surface area contributed by atoms with E-state index in [2.05, 4.69) is 25.2 Å². The highest BCUT2D eigenvalue weighted by Crippen LogP contribution is 2.22. The molecule has 23 heavy (non-hydrogen) atoms. The third-order valence-corrected chi connectivity index (χ3v) is 4.91. The molecule has 122 valence electrons. The maximum atomic E-state index is 11.7. The van der Waals surface area contributed by atoms with E-state index in [1.807, 2.05) is 11.7 Å². The fourth-order valence-electron chi connectivity index (χ4n) is 3.06. The van der Waals surface area contributed by atoms with Crippen LogP contribution in [0.5, 0.6) is 0 Å². The fourth-order valence-corrected chi connectivity index (χ4v) is 3.70. The topological polar surface area (TPSA) is 71.0 Å². The molecule has 2 aromatic rings. The predicted molar refractivity (Wildman–Crippen MR) is 89.2 cm³/mol. The number of likely N-dealkylation sites (tertiary alicyclic amines) is 1. The number of aromatic nitrogens is 3. The Kier molecular flexibility index (Phi) is 5.30. The van der Waals surface area contributed by atoms with Gasteiger partial charge in [0.25, 0.3) is 5.91 Å². The summed E-state index contributed by atoms with van der Waals surface area (Å²) in [6, 6.07) is 1.81. The molecule has 0 aromatic carbocycles. The summed E-state index contributed by atoms with van der Waals surface area (Å²) in [6.45, 7) is 3.19. The zero-order chi connectivity index (χ0) is 16.1. The molecule has 1 unspecified atom stereocenters. The second-order valence-electron chi connectivity index (χ2n) is 5.89. The minimum atomic E-state index is -0.163. The molecule has 1 amide bonds. The molecule has 7 heteroatoms.